The van der Waals surface area contributed by atoms with E-state index in [9.17, 15) is 4.79 Å². The summed E-state index contributed by atoms with van der Waals surface area (Å²) in [5, 5.41) is 0. The number of carbonyl (C=O) groups excluding carboxylic acids is 1. The monoisotopic (exact) mass is 340 g/mol. The Labute approximate surface area is 153 Å². The molecule has 4 rings (SSSR count). The van der Waals surface area contributed by atoms with Crippen LogP contribution in [0.25, 0.3) is 0 Å². The Hall–Kier alpha value is -3.20. The number of ketones is 1. The first kappa shape index (κ1) is 16.3. The van der Waals surface area contributed by atoms with Gasteiger partial charge in [-0.1, -0.05) is 60.7 Å². The fraction of sp³-hybridized carbons (Fsp3) is 0.130. The highest BCUT2D eigenvalue weighted by atomic mass is 16.1. The van der Waals surface area contributed by atoms with E-state index in [1.165, 1.54) is 5.56 Å². The fourth-order valence-electron chi connectivity index (χ4n) is 3.31. The Morgan fingerprint density at radius 1 is 0.885 bits per heavy atom. The Bertz CT molecular complexity index is 931. The largest absolute Gasteiger partial charge is 0.322 e. The van der Waals surface area contributed by atoms with Crippen molar-refractivity contribution in [2.75, 3.05) is 4.90 Å². The highest BCUT2D eigenvalue weighted by molar-refractivity contribution is 6.06. The van der Waals surface area contributed by atoms with E-state index in [4.69, 9.17) is 4.99 Å². The lowest BCUT2D eigenvalue weighted by molar-refractivity contribution is 0.101. The van der Waals surface area contributed by atoms with Crippen LogP contribution in [0.5, 0.6) is 0 Å². The predicted octanol–water partition coefficient (Wildman–Crippen LogP) is 5.57. The first-order valence-electron chi connectivity index (χ1n) is 8.80. The van der Waals surface area contributed by atoms with Gasteiger partial charge in [0.15, 0.2) is 5.78 Å². The van der Waals surface area contributed by atoms with E-state index in [2.05, 4.69) is 29.2 Å². The minimum atomic E-state index is 0.0939. The van der Waals surface area contributed by atoms with Crippen molar-refractivity contribution in [2.24, 2.45) is 4.99 Å². The van der Waals surface area contributed by atoms with Crippen molar-refractivity contribution < 1.29 is 4.79 Å². The van der Waals surface area contributed by atoms with Gasteiger partial charge in [0.2, 0.25) is 0 Å². The molecule has 0 radical (unpaired) electrons. The molecule has 26 heavy (non-hydrogen) atoms. The molecule has 0 aliphatic carbocycles. The maximum atomic E-state index is 11.5. The molecule has 1 aliphatic heterocycles. The van der Waals surface area contributed by atoms with E-state index < -0.39 is 0 Å². The zero-order chi connectivity index (χ0) is 17.9. The number of benzene rings is 3. The van der Waals surface area contributed by atoms with Crippen LogP contribution < -0.4 is 4.90 Å². The first-order chi connectivity index (χ1) is 12.7. The molecular weight excluding hydrogens is 320 g/mol. The van der Waals surface area contributed by atoms with Gasteiger partial charge >= 0.3 is 0 Å². The Balaban J connectivity index is 1.67. The molecule has 128 valence electrons. The Morgan fingerprint density at radius 3 is 2.12 bits per heavy atom. The van der Waals surface area contributed by atoms with E-state index in [1.807, 2.05) is 60.7 Å². The first-order valence-corrected chi connectivity index (χ1v) is 8.80. The summed E-state index contributed by atoms with van der Waals surface area (Å²) in [5.41, 5.74) is 4.05. The SMILES string of the molecule is CC(=O)c1ccc(C2CC(=Nc3ccccc3)N2c2ccccc2)cc1. The molecule has 0 saturated carbocycles. The van der Waals surface area contributed by atoms with Crippen LogP contribution in [0.15, 0.2) is 89.9 Å². The molecule has 1 saturated heterocycles. The molecule has 1 atom stereocenters. The van der Waals surface area contributed by atoms with Crippen molar-refractivity contribution in [3.63, 3.8) is 0 Å². The molecule has 1 heterocycles. The second-order valence-corrected chi connectivity index (χ2v) is 6.47. The van der Waals surface area contributed by atoms with Crippen LogP contribution in [-0.2, 0) is 0 Å². The van der Waals surface area contributed by atoms with E-state index in [0.29, 0.717) is 0 Å². The summed E-state index contributed by atoms with van der Waals surface area (Å²) in [5.74, 6) is 1.15. The van der Waals surface area contributed by atoms with Gasteiger partial charge in [-0.3, -0.25) is 4.79 Å². The van der Waals surface area contributed by atoms with Gasteiger partial charge in [0.1, 0.15) is 5.84 Å². The standard InChI is InChI=1S/C23H20N2O/c1-17(26)18-12-14-19(15-13-18)22-16-23(24-20-8-4-2-5-9-20)25(22)21-10-6-3-7-11-21/h2-15,22H,16H2,1H3. The van der Waals surface area contributed by atoms with E-state index in [0.717, 1.165) is 29.2 Å². The number of carbonyl (C=O) groups is 1. The van der Waals surface area contributed by atoms with Gasteiger partial charge in [-0.15, -0.1) is 0 Å². The van der Waals surface area contributed by atoms with E-state index in [-0.39, 0.29) is 11.8 Å². The lowest BCUT2D eigenvalue weighted by atomic mass is 9.91. The average Bonchev–Trinajstić information content (AvgIpc) is 2.66. The van der Waals surface area contributed by atoms with Crippen LogP contribution in [0.4, 0.5) is 11.4 Å². The second kappa shape index (κ2) is 6.96. The van der Waals surface area contributed by atoms with Crippen molar-refractivity contribution >= 4 is 23.0 Å². The van der Waals surface area contributed by atoms with Crippen molar-refractivity contribution in [3.05, 3.63) is 96.1 Å². The quantitative estimate of drug-likeness (QED) is 0.582. The van der Waals surface area contributed by atoms with E-state index in [1.54, 1.807) is 6.92 Å². The number of Topliss-reactive ketones (excluding diaryl/α,β-unsaturated/α-hetero) is 1. The minimum absolute atomic E-state index is 0.0939. The highest BCUT2D eigenvalue weighted by Crippen LogP contribution is 2.40. The summed E-state index contributed by atoms with van der Waals surface area (Å²) < 4.78 is 0. The van der Waals surface area contributed by atoms with Crippen LogP contribution in [0, 0.1) is 0 Å². The van der Waals surface area contributed by atoms with Crippen molar-refractivity contribution in [2.45, 2.75) is 19.4 Å². The van der Waals surface area contributed by atoms with Gasteiger partial charge < -0.3 is 4.90 Å². The lowest BCUT2D eigenvalue weighted by Crippen LogP contribution is -2.46. The molecule has 0 aromatic heterocycles. The Morgan fingerprint density at radius 2 is 1.50 bits per heavy atom. The highest BCUT2D eigenvalue weighted by Gasteiger charge is 2.36. The number of nitrogens with zero attached hydrogens (tertiary/aromatic N) is 2. The number of aliphatic imine (C=N–C) groups is 1. The van der Waals surface area contributed by atoms with Crippen LogP contribution in [0.1, 0.15) is 35.3 Å². The number of anilines is 1. The van der Waals surface area contributed by atoms with Crippen LogP contribution >= 0.6 is 0 Å². The normalized spacial score (nSPS) is 17.8. The molecule has 3 nitrogen and oxygen atoms in total. The molecule has 1 unspecified atom stereocenters. The smallest absolute Gasteiger partial charge is 0.159 e. The van der Waals surface area contributed by atoms with Gasteiger partial charge in [-0.05, 0) is 36.8 Å². The topological polar surface area (TPSA) is 32.7 Å². The van der Waals surface area contributed by atoms with E-state index >= 15 is 0 Å². The Kier molecular flexibility index (Phi) is 4.36. The average molecular weight is 340 g/mol. The third-order valence-corrected chi connectivity index (χ3v) is 4.72. The number of rotatable bonds is 4. The molecule has 3 aromatic rings. The molecule has 3 aromatic carbocycles. The van der Waals surface area contributed by atoms with Gasteiger partial charge in [-0.25, -0.2) is 4.99 Å². The molecule has 1 aliphatic rings. The molecule has 0 N–H and O–H groups in total. The zero-order valence-corrected chi connectivity index (χ0v) is 14.7. The second-order valence-electron chi connectivity index (χ2n) is 6.47. The number of hydrogen-bond donors (Lipinski definition) is 0. The van der Waals surface area contributed by atoms with Crippen LogP contribution in [-0.4, -0.2) is 11.6 Å². The van der Waals surface area contributed by atoms with Crippen molar-refractivity contribution in [1.29, 1.82) is 0 Å². The molecule has 0 bridgehead atoms. The van der Waals surface area contributed by atoms with Crippen molar-refractivity contribution in [3.8, 4) is 0 Å². The lowest BCUT2D eigenvalue weighted by Gasteiger charge is -2.44. The van der Waals surface area contributed by atoms with Crippen molar-refractivity contribution in [1.82, 2.24) is 0 Å². The maximum absolute atomic E-state index is 11.5. The summed E-state index contributed by atoms with van der Waals surface area (Å²) in [6.45, 7) is 1.60. The van der Waals surface area contributed by atoms with Gasteiger partial charge in [0.25, 0.3) is 0 Å². The molecule has 1 fully saturated rings. The third-order valence-electron chi connectivity index (χ3n) is 4.72. The zero-order valence-electron chi connectivity index (χ0n) is 14.7. The van der Waals surface area contributed by atoms with Gasteiger partial charge in [0, 0.05) is 17.7 Å². The van der Waals surface area contributed by atoms with Gasteiger partial charge in [-0.2, -0.15) is 0 Å². The number of hydrogen-bond acceptors (Lipinski definition) is 2. The molecule has 0 amide bonds. The number of amidine groups is 1. The molecule has 3 heteroatoms. The summed E-state index contributed by atoms with van der Waals surface area (Å²) in [6, 6.07) is 28.5. The summed E-state index contributed by atoms with van der Waals surface area (Å²) in [4.78, 5) is 18.6. The summed E-state index contributed by atoms with van der Waals surface area (Å²) in [7, 11) is 0. The summed E-state index contributed by atoms with van der Waals surface area (Å²) >= 11 is 0. The predicted molar refractivity (Wildman–Crippen MR) is 106 cm³/mol. The minimum Gasteiger partial charge on any atom is -0.322 e. The fourth-order valence-corrected chi connectivity index (χ4v) is 3.31. The molecular formula is C23H20N2O. The third kappa shape index (κ3) is 3.16. The number of para-hydroxylation sites is 2. The van der Waals surface area contributed by atoms with Gasteiger partial charge in [0.05, 0.1) is 11.7 Å². The van der Waals surface area contributed by atoms with Crippen LogP contribution in [0.2, 0.25) is 0 Å². The maximum Gasteiger partial charge on any atom is 0.159 e. The molecule has 0 spiro atoms. The summed E-state index contributed by atoms with van der Waals surface area (Å²) in [6.07, 6.45) is 0.878. The van der Waals surface area contributed by atoms with Crippen LogP contribution in [0.3, 0.4) is 0 Å².